The third-order valence-electron chi connectivity index (χ3n) is 2.70. The number of nitriles is 1. The quantitative estimate of drug-likeness (QED) is 0.781. The number of amides is 2. The van der Waals surface area contributed by atoms with Gasteiger partial charge in [-0.2, -0.15) is 10.3 Å². The standard InChI is InChI=1S/C13H10N4O/c1-2-7-17-11(12(15)16-13(17)18)10-6-4-3-5-9(10)8-14/h1,3-6,11H,7H2,(H2,15,16,18). The maximum atomic E-state index is 11.6. The number of urea groups is 1. The molecule has 2 N–H and O–H groups in total. The Hall–Kier alpha value is -2.79. The van der Waals surface area contributed by atoms with Crippen LogP contribution in [0.4, 0.5) is 4.79 Å². The number of rotatable bonds is 2. The predicted molar refractivity (Wildman–Crippen MR) is 66.5 cm³/mol. The fourth-order valence-electron chi connectivity index (χ4n) is 1.93. The first-order valence-electron chi connectivity index (χ1n) is 5.26. The van der Waals surface area contributed by atoms with E-state index in [0.29, 0.717) is 11.1 Å². The van der Waals surface area contributed by atoms with E-state index in [4.69, 9.17) is 17.4 Å². The van der Waals surface area contributed by atoms with Gasteiger partial charge in [0.25, 0.3) is 0 Å². The molecule has 2 rings (SSSR count). The number of carbonyl (C=O) groups is 1. The highest BCUT2D eigenvalue weighted by Gasteiger charge is 2.35. The van der Waals surface area contributed by atoms with E-state index in [0.717, 1.165) is 0 Å². The summed E-state index contributed by atoms with van der Waals surface area (Å²) >= 11 is 0. The summed E-state index contributed by atoms with van der Waals surface area (Å²) in [5, 5.41) is 9.07. The lowest BCUT2D eigenvalue weighted by molar-refractivity contribution is 0.213. The normalized spacial score (nSPS) is 18.1. The lowest BCUT2D eigenvalue weighted by Crippen LogP contribution is -2.34. The van der Waals surface area contributed by atoms with E-state index >= 15 is 0 Å². The van der Waals surface area contributed by atoms with E-state index in [1.807, 2.05) is 0 Å². The van der Waals surface area contributed by atoms with Gasteiger partial charge in [-0.05, 0) is 6.07 Å². The molecule has 18 heavy (non-hydrogen) atoms. The van der Waals surface area contributed by atoms with Crippen molar-refractivity contribution in [2.24, 2.45) is 10.7 Å². The van der Waals surface area contributed by atoms with E-state index in [-0.39, 0.29) is 12.4 Å². The number of carbonyl (C=O) groups excluding carboxylic acids is 1. The van der Waals surface area contributed by atoms with Gasteiger partial charge in [0.1, 0.15) is 11.9 Å². The van der Waals surface area contributed by atoms with Crippen molar-refractivity contribution in [3.05, 3.63) is 35.4 Å². The molecule has 0 fully saturated rings. The summed E-state index contributed by atoms with van der Waals surface area (Å²) in [5.41, 5.74) is 6.85. The molecule has 0 aromatic heterocycles. The third-order valence-corrected chi connectivity index (χ3v) is 2.70. The Labute approximate surface area is 105 Å². The zero-order chi connectivity index (χ0) is 13.1. The third kappa shape index (κ3) is 1.79. The van der Waals surface area contributed by atoms with Crippen LogP contribution in [0.5, 0.6) is 0 Å². The predicted octanol–water partition coefficient (Wildman–Crippen LogP) is 1.03. The van der Waals surface area contributed by atoms with Crippen LogP contribution in [-0.2, 0) is 0 Å². The molecule has 88 valence electrons. The monoisotopic (exact) mass is 238 g/mol. The molecule has 1 aromatic carbocycles. The number of aliphatic imine (C=N–C) groups is 1. The number of amidine groups is 1. The highest BCUT2D eigenvalue weighted by molar-refractivity contribution is 6.03. The smallest absolute Gasteiger partial charge is 0.346 e. The lowest BCUT2D eigenvalue weighted by atomic mass is 10.00. The molecular formula is C13H10N4O. The van der Waals surface area contributed by atoms with Gasteiger partial charge in [0.15, 0.2) is 0 Å². The van der Waals surface area contributed by atoms with Gasteiger partial charge in [0.2, 0.25) is 0 Å². The molecule has 0 spiro atoms. The molecule has 1 aromatic rings. The second-order valence-corrected chi connectivity index (χ2v) is 3.75. The Balaban J connectivity index is 2.49. The fourth-order valence-corrected chi connectivity index (χ4v) is 1.93. The van der Waals surface area contributed by atoms with E-state index in [9.17, 15) is 4.79 Å². The highest BCUT2D eigenvalue weighted by atomic mass is 16.2. The first-order valence-corrected chi connectivity index (χ1v) is 5.26. The molecule has 1 atom stereocenters. The maximum absolute atomic E-state index is 11.6. The molecule has 2 amide bonds. The van der Waals surface area contributed by atoms with Crippen molar-refractivity contribution in [3.63, 3.8) is 0 Å². The summed E-state index contributed by atoms with van der Waals surface area (Å²) in [6.45, 7) is 0.105. The molecule has 5 heteroatoms. The van der Waals surface area contributed by atoms with Crippen LogP contribution in [0.15, 0.2) is 29.3 Å². The molecule has 5 nitrogen and oxygen atoms in total. The molecule has 0 aliphatic carbocycles. The van der Waals surface area contributed by atoms with Crippen LogP contribution in [0, 0.1) is 23.7 Å². The summed E-state index contributed by atoms with van der Waals surface area (Å²) in [7, 11) is 0. The second kappa shape index (κ2) is 4.60. The molecule has 1 aliphatic heterocycles. The van der Waals surface area contributed by atoms with E-state index in [1.54, 1.807) is 24.3 Å². The minimum Gasteiger partial charge on any atom is -0.385 e. The van der Waals surface area contributed by atoms with Crippen molar-refractivity contribution in [3.8, 4) is 18.4 Å². The Morgan fingerprint density at radius 2 is 2.22 bits per heavy atom. The summed E-state index contributed by atoms with van der Waals surface area (Å²) in [6, 6.07) is 7.99. The molecule has 1 unspecified atom stereocenters. The van der Waals surface area contributed by atoms with E-state index < -0.39 is 12.1 Å². The number of hydrogen-bond donors (Lipinski definition) is 1. The van der Waals surface area contributed by atoms with Crippen molar-refractivity contribution in [1.82, 2.24) is 4.90 Å². The zero-order valence-corrected chi connectivity index (χ0v) is 9.50. The Morgan fingerprint density at radius 1 is 1.50 bits per heavy atom. The van der Waals surface area contributed by atoms with Gasteiger partial charge in [-0.15, -0.1) is 6.42 Å². The van der Waals surface area contributed by atoms with Crippen LogP contribution in [0.25, 0.3) is 0 Å². The number of terminal acetylenes is 1. The van der Waals surface area contributed by atoms with Crippen LogP contribution in [0.2, 0.25) is 0 Å². The number of hydrogen-bond acceptors (Lipinski definition) is 3. The molecule has 0 saturated heterocycles. The van der Waals surface area contributed by atoms with Crippen LogP contribution in [0.1, 0.15) is 17.2 Å². The molecule has 0 bridgehead atoms. The van der Waals surface area contributed by atoms with Gasteiger partial charge in [0.05, 0.1) is 18.2 Å². The molecule has 0 saturated carbocycles. The minimum atomic E-state index is -0.551. The van der Waals surface area contributed by atoms with Crippen LogP contribution in [-0.4, -0.2) is 23.3 Å². The molecule has 0 radical (unpaired) electrons. The van der Waals surface area contributed by atoms with Gasteiger partial charge in [0, 0.05) is 5.56 Å². The van der Waals surface area contributed by atoms with Crippen molar-refractivity contribution >= 4 is 11.9 Å². The van der Waals surface area contributed by atoms with Crippen molar-refractivity contribution in [2.75, 3.05) is 6.54 Å². The second-order valence-electron chi connectivity index (χ2n) is 3.75. The van der Waals surface area contributed by atoms with Crippen molar-refractivity contribution < 1.29 is 4.79 Å². The highest BCUT2D eigenvalue weighted by Crippen LogP contribution is 2.28. The SMILES string of the molecule is C#CCN1C(=O)N=C(N)C1c1ccccc1C#N. The zero-order valence-electron chi connectivity index (χ0n) is 9.50. The van der Waals surface area contributed by atoms with Crippen molar-refractivity contribution in [2.45, 2.75) is 6.04 Å². The lowest BCUT2D eigenvalue weighted by Gasteiger charge is -2.23. The van der Waals surface area contributed by atoms with Crippen LogP contribution in [0.3, 0.4) is 0 Å². The minimum absolute atomic E-state index is 0.105. The Kier molecular flexibility index (Phi) is 2.99. The summed E-state index contributed by atoms with van der Waals surface area (Å²) in [6.07, 6.45) is 5.23. The van der Waals surface area contributed by atoms with Gasteiger partial charge in [-0.25, -0.2) is 4.79 Å². The first-order chi connectivity index (χ1) is 8.69. The van der Waals surface area contributed by atoms with Gasteiger partial charge in [-0.1, -0.05) is 24.1 Å². The summed E-state index contributed by atoms with van der Waals surface area (Å²) in [5.74, 6) is 2.56. The van der Waals surface area contributed by atoms with Crippen molar-refractivity contribution in [1.29, 1.82) is 5.26 Å². The molecular weight excluding hydrogens is 228 g/mol. The Bertz CT molecular complexity index is 606. The van der Waals surface area contributed by atoms with E-state index in [2.05, 4.69) is 17.0 Å². The average Bonchev–Trinajstić information content (AvgIpc) is 2.65. The Morgan fingerprint density at radius 3 is 2.89 bits per heavy atom. The van der Waals surface area contributed by atoms with Gasteiger partial charge in [-0.3, -0.25) is 4.90 Å². The van der Waals surface area contributed by atoms with Crippen LogP contribution >= 0.6 is 0 Å². The van der Waals surface area contributed by atoms with Gasteiger partial charge >= 0.3 is 6.03 Å². The topological polar surface area (TPSA) is 82.5 Å². The molecule has 1 heterocycles. The van der Waals surface area contributed by atoms with E-state index in [1.165, 1.54) is 4.90 Å². The molecule has 1 aliphatic rings. The number of nitrogens with zero attached hydrogens (tertiary/aromatic N) is 3. The summed E-state index contributed by atoms with van der Waals surface area (Å²) < 4.78 is 0. The number of benzene rings is 1. The van der Waals surface area contributed by atoms with Crippen LogP contribution < -0.4 is 5.73 Å². The number of nitrogens with two attached hydrogens (primary N) is 1. The fraction of sp³-hybridized carbons (Fsp3) is 0.154. The maximum Gasteiger partial charge on any atom is 0.346 e. The van der Waals surface area contributed by atoms with Gasteiger partial charge < -0.3 is 5.73 Å². The largest absolute Gasteiger partial charge is 0.385 e. The summed E-state index contributed by atoms with van der Waals surface area (Å²) in [4.78, 5) is 16.7. The first kappa shape index (κ1) is 11.7. The average molecular weight is 238 g/mol.